The fourth-order valence-electron chi connectivity index (χ4n) is 1.60. The van der Waals surface area contributed by atoms with Crippen LogP contribution < -0.4 is 5.73 Å². The van der Waals surface area contributed by atoms with Gasteiger partial charge in [-0.1, -0.05) is 17.7 Å². The summed E-state index contributed by atoms with van der Waals surface area (Å²) in [6.07, 6.45) is 0. The van der Waals surface area contributed by atoms with Crippen molar-refractivity contribution in [2.45, 2.75) is 19.6 Å². The first-order valence-electron chi connectivity index (χ1n) is 5.97. The van der Waals surface area contributed by atoms with E-state index in [0.717, 1.165) is 24.4 Å². The van der Waals surface area contributed by atoms with Gasteiger partial charge in [-0.15, -0.1) is 11.8 Å². The molecule has 1 aromatic rings. The van der Waals surface area contributed by atoms with Crippen LogP contribution in [0.2, 0.25) is 5.02 Å². The minimum atomic E-state index is 0.177. The van der Waals surface area contributed by atoms with Crippen molar-refractivity contribution in [1.29, 1.82) is 0 Å². The number of thioether (sulfide) groups is 1. The van der Waals surface area contributed by atoms with Crippen LogP contribution in [0.1, 0.15) is 19.4 Å². The van der Waals surface area contributed by atoms with E-state index in [1.807, 2.05) is 30.9 Å². The topological polar surface area (TPSA) is 46.3 Å². The normalized spacial score (nSPS) is 10.4. The highest BCUT2D eigenvalue weighted by Crippen LogP contribution is 2.23. The van der Waals surface area contributed by atoms with E-state index in [-0.39, 0.29) is 5.91 Å². The van der Waals surface area contributed by atoms with Crippen molar-refractivity contribution >= 4 is 35.0 Å². The van der Waals surface area contributed by atoms with Gasteiger partial charge in [-0.2, -0.15) is 0 Å². The molecule has 0 radical (unpaired) electrons. The van der Waals surface area contributed by atoms with Gasteiger partial charge in [0.05, 0.1) is 5.75 Å². The molecular weight excluding hydrogens is 268 g/mol. The predicted molar refractivity (Wildman–Crippen MR) is 80.0 cm³/mol. The molecular formula is C13H19ClN2OS. The van der Waals surface area contributed by atoms with Crippen LogP contribution in [0.3, 0.4) is 0 Å². The van der Waals surface area contributed by atoms with Crippen LogP contribution >= 0.6 is 23.4 Å². The summed E-state index contributed by atoms with van der Waals surface area (Å²) in [6, 6.07) is 5.48. The number of carbonyl (C=O) groups excluding carboxylic acids is 1. The maximum absolute atomic E-state index is 11.8. The molecule has 0 saturated carbocycles. The molecule has 1 amide bonds. The molecule has 0 bridgehead atoms. The molecule has 18 heavy (non-hydrogen) atoms. The number of amides is 1. The fraction of sp³-hybridized carbons (Fsp3) is 0.462. The van der Waals surface area contributed by atoms with Crippen LogP contribution in [0.5, 0.6) is 0 Å². The van der Waals surface area contributed by atoms with E-state index in [2.05, 4.69) is 0 Å². The number of carbonyl (C=O) groups is 1. The standard InChI is InChI=1S/C13H19ClN2OS/c1-3-16(4-2)13(17)9-18-8-10-5-6-11(15)7-12(10)14/h5-7H,3-4,8-9,15H2,1-2H3. The number of rotatable bonds is 6. The van der Waals surface area contributed by atoms with Gasteiger partial charge in [0.2, 0.25) is 5.91 Å². The Hall–Kier alpha value is -0.870. The molecule has 2 N–H and O–H groups in total. The van der Waals surface area contributed by atoms with E-state index in [0.29, 0.717) is 16.5 Å². The van der Waals surface area contributed by atoms with Gasteiger partial charge in [0.25, 0.3) is 0 Å². The number of hydrogen-bond acceptors (Lipinski definition) is 3. The molecule has 0 aliphatic heterocycles. The van der Waals surface area contributed by atoms with Gasteiger partial charge in [-0.3, -0.25) is 4.79 Å². The van der Waals surface area contributed by atoms with Crippen LogP contribution in [-0.4, -0.2) is 29.6 Å². The SMILES string of the molecule is CCN(CC)C(=O)CSCc1ccc(N)cc1Cl. The Morgan fingerprint density at radius 2 is 2.06 bits per heavy atom. The average molecular weight is 287 g/mol. The Kier molecular flexibility index (Phi) is 6.36. The van der Waals surface area contributed by atoms with Crippen molar-refractivity contribution in [2.24, 2.45) is 0 Å². The van der Waals surface area contributed by atoms with Crippen molar-refractivity contribution in [3.05, 3.63) is 28.8 Å². The molecule has 0 spiro atoms. The number of hydrogen-bond donors (Lipinski definition) is 1. The van der Waals surface area contributed by atoms with E-state index < -0.39 is 0 Å². The van der Waals surface area contributed by atoms with E-state index in [4.69, 9.17) is 17.3 Å². The third kappa shape index (κ3) is 4.42. The summed E-state index contributed by atoms with van der Waals surface area (Å²) in [5.74, 6) is 1.39. The molecule has 0 aliphatic carbocycles. The molecule has 0 unspecified atom stereocenters. The summed E-state index contributed by atoms with van der Waals surface area (Å²) in [5.41, 5.74) is 7.31. The smallest absolute Gasteiger partial charge is 0.232 e. The number of nitrogens with two attached hydrogens (primary N) is 1. The molecule has 1 rings (SSSR count). The molecule has 0 aromatic heterocycles. The summed E-state index contributed by atoms with van der Waals surface area (Å²) in [7, 11) is 0. The molecule has 0 heterocycles. The molecule has 3 nitrogen and oxygen atoms in total. The molecule has 0 aliphatic rings. The van der Waals surface area contributed by atoms with Crippen molar-refractivity contribution in [3.63, 3.8) is 0 Å². The lowest BCUT2D eigenvalue weighted by molar-refractivity contribution is -0.127. The van der Waals surface area contributed by atoms with E-state index in [1.165, 1.54) is 0 Å². The molecule has 0 atom stereocenters. The zero-order valence-electron chi connectivity index (χ0n) is 10.8. The third-order valence-corrected chi connectivity index (χ3v) is 3.99. The highest BCUT2D eigenvalue weighted by atomic mass is 35.5. The Bertz CT molecular complexity index is 408. The summed E-state index contributed by atoms with van der Waals surface area (Å²) in [5, 5.41) is 0.665. The number of nitrogens with zero attached hydrogens (tertiary/aromatic N) is 1. The zero-order chi connectivity index (χ0) is 13.5. The summed E-state index contributed by atoms with van der Waals surface area (Å²) < 4.78 is 0. The number of benzene rings is 1. The molecule has 0 saturated heterocycles. The van der Waals surface area contributed by atoms with Gasteiger partial charge >= 0.3 is 0 Å². The van der Waals surface area contributed by atoms with E-state index in [9.17, 15) is 4.79 Å². The molecule has 1 aromatic carbocycles. The van der Waals surface area contributed by atoms with Crippen LogP contribution in [0, 0.1) is 0 Å². The van der Waals surface area contributed by atoms with E-state index >= 15 is 0 Å². The summed E-state index contributed by atoms with van der Waals surface area (Å²) >= 11 is 7.65. The van der Waals surface area contributed by atoms with Crippen LogP contribution in [0.15, 0.2) is 18.2 Å². The van der Waals surface area contributed by atoms with Crippen LogP contribution in [0.4, 0.5) is 5.69 Å². The Morgan fingerprint density at radius 1 is 1.39 bits per heavy atom. The highest BCUT2D eigenvalue weighted by Gasteiger charge is 2.09. The summed E-state index contributed by atoms with van der Waals surface area (Å²) in [6.45, 7) is 5.50. The second kappa shape index (κ2) is 7.54. The Labute approximate surface area is 118 Å². The fourth-order valence-corrected chi connectivity index (χ4v) is 2.86. The predicted octanol–water partition coefficient (Wildman–Crippen LogP) is 3.02. The maximum atomic E-state index is 11.8. The van der Waals surface area contributed by atoms with Crippen molar-refractivity contribution < 1.29 is 4.79 Å². The summed E-state index contributed by atoms with van der Waals surface area (Å²) in [4.78, 5) is 13.6. The van der Waals surface area contributed by atoms with Gasteiger partial charge in [0.1, 0.15) is 0 Å². The van der Waals surface area contributed by atoms with Gasteiger partial charge < -0.3 is 10.6 Å². The lowest BCUT2D eigenvalue weighted by Gasteiger charge is -2.18. The highest BCUT2D eigenvalue weighted by molar-refractivity contribution is 7.99. The van der Waals surface area contributed by atoms with Crippen molar-refractivity contribution in [1.82, 2.24) is 4.90 Å². The third-order valence-electron chi connectivity index (χ3n) is 2.68. The molecule has 100 valence electrons. The lowest BCUT2D eigenvalue weighted by atomic mass is 10.2. The van der Waals surface area contributed by atoms with Crippen molar-refractivity contribution in [2.75, 3.05) is 24.6 Å². The largest absolute Gasteiger partial charge is 0.399 e. The first-order valence-corrected chi connectivity index (χ1v) is 7.51. The average Bonchev–Trinajstić information content (AvgIpc) is 2.33. The zero-order valence-corrected chi connectivity index (χ0v) is 12.4. The van der Waals surface area contributed by atoms with Crippen molar-refractivity contribution in [3.8, 4) is 0 Å². The quantitative estimate of drug-likeness (QED) is 0.818. The Balaban J connectivity index is 2.44. The number of halogens is 1. The van der Waals surface area contributed by atoms with Gasteiger partial charge in [-0.05, 0) is 31.5 Å². The monoisotopic (exact) mass is 286 g/mol. The maximum Gasteiger partial charge on any atom is 0.232 e. The van der Waals surface area contributed by atoms with Crippen LogP contribution in [0.25, 0.3) is 0 Å². The van der Waals surface area contributed by atoms with E-state index in [1.54, 1.807) is 17.8 Å². The minimum Gasteiger partial charge on any atom is -0.399 e. The molecule has 0 fully saturated rings. The Morgan fingerprint density at radius 3 is 2.61 bits per heavy atom. The van der Waals surface area contributed by atoms with Gasteiger partial charge in [0.15, 0.2) is 0 Å². The molecule has 5 heteroatoms. The number of nitrogen functional groups attached to an aromatic ring is 1. The lowest BCUT2D eigenvalue weighted by Crippen LogP contribution is -2.31. The second-order valence-electron chi connectivity index (χ2n) is 3.91. The van der Waals surface area contributed by atoms with Gasteiger partial charge in [0, 0.05) is 29.6 Å². The number of anilines is 1. The first kappa shape index (κ1) is 15.2. The van der Waals surface area contributed by atoms with Crippen LogP contribution in [-0.2, 0) is 10.5 Å². The first-order chi connectivity index (χ1) is 8.58. The second-order valence-corrected chi connectivity index (χ2v) is 5.30. The minimum absolute atomic E-state index is 0.177. The van der Waals surface area contributed by atoms with Gasteiger partial charge in [-0.25, -0.2) is 0 Å².